The summed E-state index contributed by atoms with van der Waals surface area (Å²) in [4.78, 5) is 17.7. The van der Waals surface area contributed by atoms with Crippen LogP contribution >= 0.6 is 11.9 Å². The first-order valence-corrected chi connectivity index (χ1v) is 11.9. The quantitative estimate of drug-likeness (QED) is 0.762. The molecule has 2 amide bonds. The number of likely N-dealkylation sites (tertiary alicyclic amines) is 2. The summed E-state index contributed by atoms with van der Waals surface area (Å²) in [7, 11) is 2.19. The van der Waals surface area contributed by atoms with Gasteiger partial charge < -0.3 is 10.2 Å². The highest BCUT2D eigenvalue weighted by atomic mass is 32.2. The molecule has 1 aromatic rings. The molecule has 0 aromatic heterocycles. The van der Waals surface area contributed by atoms with Gasteiger partial charge in [0.1, 0.15) is 0 Å². The van der Waals surface area contributed by atoms with Gasteiger partial charge in [-0.3, -0.25) is 9.62 Å². The van der Waals surface area contributed by atoms with Crippen molar-refractivity contribution in [3.8, 4) is 0 Å². The van der Waals surface area contributed by atoms with Gasteiger partial charge in [0.05, 0.1) is 0 Å². The van der Waals surface area contributed by atoms with Crippen LogP contribution in [-0.4, -0.2) is 60.3 Å². The van der Waals surface area contributed by atoms with Crippen LogP contribution in [0.2, 0.25) is 0 Å². The van der Waals surface area contributed by atoms with Gasteiger partial charge in [0, 0.05) is 30.1 Å². The zero-order valence-electron chi connectivity index (χ0n) is 16.9. The molecular formula is C22H32N4OS. The summed E-state index contributed by atoms with van der Waals surface area (Å²) in [6, 6.07) is 3.13. The van der Waals surface area contributed by atoms with E-state index in [-0.39, 0.29) is 6.03 Å². The van der Waals surface area contributed by atoms with E-state index >= 15 is 0 Å². The summed E-state index contributed by atoms with van der Waals surface area (Å²) in [6.45, 7) is 4.76. The number of carbonyl (C=O) groups excluding carboxylic acids is 1. The predicted octanol–water partition coefficient (Wildman–Crippen LogP) is 3.21. The van der Waals surface area contributed by atoms with Crippen LogP contribution < -0.4 is 10.0 Å². The summed E-state index contributed by atoms with van der Waals surface area (Å²) in [5.41, 5.74) is 6.89. The van der Waals surface area contributed by atoms with Crippen LogP contribution in [0.25, 0.3) is 0 Å². The lowest BCUT2D eigenvalue weighted by molar-refractivity contribution is 0.0412. The molecule has 2 aliphatic heterocycles. The number of urea groups is 1. The number of benzene rings is 1. The zero-order valence-corrected chi connectivity index (χ0v) is 17.7. The first-order valence-electron chi connectivity index (χ1n) is 11.0. The van der Waals surface area contributed by atoms with Gasteiger partial charge in [-0.15, -0.1) is 0 Å². The minimum Gasteiger partial charge on any atom is -0.307 e. The minimum atomic E-state index is -0.0394. The number of rotatable bonds is 4. The second kappa shape index (κ2) is 7.88. The Hall–Kier alpha value is -1.24. The smallest absolute Gasteiger partial charge is 0.307 e. The Morgan fingerprint density at radius 2 is 1.68 bits per heavy atom. The molecule has 2 N–H and O–H groups in total. The van der Waals surface area contributed by atoms with Crippen molar-refractivity contribution >= 4 is 23.7 Å². The highest BCUT2D eigenvalue weighted by molar-refractivity contribution is 7.98. The monoisotopic (exact) mass is 400 g/mol. The van der Waals surface area contributed by atoms with Crippen LogP contribution in [0.5, 0.6) is 0 Å². The number of hydrogen-bond acceptors (Lipinski definition) is 4. The van der Waals surface area contributed by atoms with Crippen molar-refractivity contribution in [3.05, 3.63) is 28.3 Å². The highest BCUT2D eigenvalue weighted by Crippen LogP contribution is 2.38. The molecule has 6 heteroatoms. The maximum atomic E-state index is 12.7. The first-order chi connectivity index (χ1) is 13.7. The molecule has 0 spiro atoms. The molecule has 2 saturated heterocycles. The Labute approximate surface area is 172 Å². The van der Waals surface area contributed by atoms with Crippen molar-refractivity contribution in [3.63, 3.8) is 0 Å². The first kappa shape index (κ1) is 18.8. The lowest BCUT2D eigenvalue weighted by Crippen LogP contribution is -2.59. The standard InChI is InChI=1S/C22H32N4OS/c1-25-13-17(14-25)26-10-8-18(9-11-26)28-24-22(27)23-21-19-6-2-4-15(19)12-16-5-3-7-20(16)21/h12,17-18H,2-11,13-14H2,1H3,(H2,23,24,27). The molecule has 5 nitrogen and oxygen atoms in total. The minimum absolute atomic E-state index is 0.0394. The van der Waals surface area contributed by atoms with Crippen molar-refractivity contribution in [1.29, 1.82) is 0 Å². The molecule has 1 aromatic carbocycles. The van der Waals surface area contributed by atoms with Gasteiger partial charge >= 0.3 is 6.03 Å². The third kappa shape index (κ3) is 3.66. The largest absolute Gasteiger partial charge is 0.329 e. The van der Waals surface area contributed by atoms with Gasteiger partial charge in [-0.25, -0.2) is 4.79 Å². The molecule has 2 aliphatic carbocycles. The average Bonchev–Trinajstić information content (AvgIpc) is 3.33. The third-order valence-corrected chi connectivity index (χ3v) is 8.18. The van der Waals surface area contributed by atoms with E-state index in [9.17, 15) is 4.79 Å². The van der Waals surface area contributed by atoms with Gasteiger partial charge in [-0.05, 0) is 106 Å². The number of nitrogens with zero attached hydrogens (tertiary/aromatic N) is 2. The van der Waals surface area contributed by atoms with E-state index in [1.807, 2.05) is 0 Å². The fourth-order valence-electron chi connectivity index (χ4n) is 5.50. The van der Waals surface area contributed by atoms with E-state index in [1.54, 1.807) is 11.9 Å². The summed E-state index contributed by atoms with van der Waals surface area (Å²) >= 11 is 1.63. The molecule has 0 unspecified atom stereocenters. The number of carbonyl (C=O) groups is 1. The fourth-order valence-corrected chi connectivity index (χ4v) is 6.27. The van der Waals surface area contributed by atoms with Crippen LogP contribution in [0.4, 0.5) is 10.5 Å². The van der Waals surface area contributed by atoms with Crippen LogP contribution in [0.15, 0.2) is 6.07 Å². The number of anilines is 1. The number of amides is 2. The van der Waals surface area contributed by atoms with Gasteiger partial charge in [-0.1, -0.05) is 6.07 Å². The topological polar surface area (TPSA) is 47.6 Å². The fraction of sp³-hybridized carbons (Fsp3) is 0.682. The molecule has 28 heavy (non-hydrogen) atoms. The van der Waals surface area contributed by atoms with E-state index < -0.39 is 0 Å². The van der Waals surface area contributed by atoms with Crippen molar-refractivity contribution in [2.24, 2.45) is 0 Å². The average molecular weight is 401 g/mol. The van der Waals surface area contributed by atoms with Gasteiger partial charge in [0.25, 0.3) is 0 Å². The maximum absolute atomic E-state index is 12.7. The van der Waals surface area contributed by atoms with Gasteiger partial charge in [0.15, 0.2) is 0 Å². The maximum Gasteiger partial charge on any atom is 0.329 e. The summed E-state index contributed by atoms with van der Waals surface area (Å²) in [5, 5.41) is 3.78. The Kier molecular flexibility index (Phi) is 5.28. The summed E-state index contributed by atoms with van der Waals surface area (Å²) in [6.07, 6.45) is 9.34. The molecule has 5 rings (SSSR count). The normalized spacial score (nSPS) is 23.3. The summed E-state index contributed by atoms with van der Waals surface area (Å²) in [5.74, 6) is 0. The number of likely N-dealkylation sites (N-methyl/N-ethyl adjacent to an activating group) is 1. The molecule has 0 atom stereocenters. The number of piperidine rings is 1. The summed E-state index contributed by atoms with van der Waals surface area (Å²) < 4.78 is 3.10. The second-order valence-corrected chi connectivity index (χ2v) is 10.1. The van der Waals surface area contributed by atoms with Crippen molar-refractivity contribution < 1.29 is 4.79 Å². The third-order valence-electron chi connectivity index (χ3n) is 7.07. The van der Waals surface area contributed by atoms with E-state index in [0.717, 1.165) is 24.6 Å². The van der Waals surface area contributed by atoms with E-state index in [1.165, 1.54) is 87.0 Å². The van der Waals surface area contributed by atoms with Crippen LogP contribution in [0, 0.1) is 0 Å². The van der Waals surface area contributed by atoms with Crippen LogP contribution in [-0.2, 0) is 25.7 Å². The molecule has 2 fully saturated rings. The lowest BCUT2D eigenvalue weighted by atomic mass is 9.99. The Bertz CT molecular complexity index is 721. The second-order valence-electron chi connectivity index (χ2n) is 9.02. The number of nitrogens with one attached hydrogen (secondary N) is 2. The van der Waals surface area contributed by atoms with Crippen LogP contribution in [0.1, 0.15) is 47.9 Å². The van der Waals surface area contributed by atoms with Crippen molar-refractivity contribution in [1.82, 2.24) is 14.5 Å². The Morgan fingerprint density at radius 1 is 1.04 bits per heavy atom. The van der Waals surface area contributed by atoms with Crippen molar-refractivity contribution in [2.45, 2.75) is 62.7 Å². The number of fused-ring (bicyclic) bond motifs is 2. The van der Waals surface area contributed by atoms with Gasteiger partial charge in [0.2, 0.25) is 0 Å². The molecule has 2 heterocycles. The molecule has 4 aliphatic rings. The lowest BCUT2D eigenvalue weighted by Gasteiger charge is -2.46. The van der Waals surface area contributed by atoms with E-state index in [2.05, 4.69) is 33.0 Å². The number of hydrogen-bond donors (Lipinski definition) is 2. The molecule has 0 bridgehead atoms. The predicted molar refractivity (Wildman–Crippen MR) is 116 cm³/mol. The Morgan fingerprint density at radius 3 is 2.29 bits per heavy atom. The molecule has 0 radical (unpaired) electrons. The SMILES string of the molecule is CN1CC(N2CCC(SNC(=O)Nc3c4c(cc5c3CCC5)CCC4)CC2)C1. The number of aryl methyl sites for hydroxylation is 2. The molecule has 0 saturated carbocycles. The zero-order chi connectivity index (χ0) is 19.1. The highest BCUT2D eigenvalue weighted by Gasteiger charge is 2.32. The van der Waals surface area contributed by atoms with E-state index in [0.29, 0.717) is 5.25 Å². The molecular weight excluding hydrogens is 368 g/mol. The Balaban J connectivity index is 1.14. The van der Waals surface area contributed by atoms with Crippen molar-refractivity contribution in [2.75, 3.05) is 38.5 Å². The van der Waals surface area contributed by atoms with E-state index in [4.69, 9.17) is 0 Å². The van der Waals surface area contributed by atoms with Gasteiger partial charge in [-0.2, -0.15) is 0 Å². The van der Waals surface area contributed by atoms with Crippen LogP contribution in [0.3, 0.4) is 0 Å². The molecule has 152 valence electrons.